The molecule has 5 heteroatoms. The van der Waals surface area contributed by atoms with Crippen LogP contribution in [0.15, 0.2) is 18.2 Å². The first kappa shape index (κ1) is 15.4. The molecule has 3 nitrogen and oxygen atoms in total. The van der Waals surface area contributed by atoms with Gasteiger partial charge in [-0.25, -0.2) is 4.39 Å². The van der Waals surface area contributed by atoms with E-state index in [0.29, 0.717) is 18.2 Å². The minimum atomic E-state index is -0.298. The summed E-state index contributed by atoms with van der Waals surface area (Å²) in [6.45, 7) is 4.07. The van der Waals surface area contributed by atoms with Crippen LogP contribution in [0.2, 0.25) is 5.02 Å². The lowest BCUT2D eigenvalue weighted by Gasteiger charge is -2.17. The summed E-state index contributed by atoms with van der Waals surface area (Å²) in [6, 6.07) is 4.51. The van der Waals surface area contributed by atoms with Crippen molar-refractivity contribution >= 4 is 11.6 Å². The number of rotatable bonds is 8. The molecule has 1 N–H and O–H groups in total. The van der Waals surface area contributed by atoms with Crippen LogP contribution in [0.4, 0.5) is 4.39 Å². The first-order valence-corrected chi connectivity index (χ1v) is 6.33. The number of methoxy groups -OCH3 is 1. The fourth-order valence-electron chi connectivity index (χ4n) is 1.59. The van der Waals surface area contributed by atoms with Crippen molar-refractivity contribution < 1.29 is 9.13 Å². The van der Waals surface area contributed by atoms with E-state index in [1.54, 1.807) is 13.2 Å². The minimum absolute atomic E-state index is 0.298. The number of nitrogens with zero attached hydrogens (tertiary/aromatic N) is 1. The fraction of sp³-hybridized carbons (Fsp3) is 0.538. The van der Waals surface area contributed by atoms with Crippen LogP contribution < -0.4 is 5.32 Å². The van der Waals surface area contributed by atoms with Gasteiger partial charge in [0.15, 0.2) is 0 Å². The van der Waals surface area contributed by atoms with E-state index in [0.717, 1.165) is 25.2 Å². The number of halogens is 2. The quantitative estimate of drug-likeness (QED) is 0.735. The first-order valence-electron chi connectivity index (χ1n) is 5.95. The molecule has 0 aromatic heterocycles. The predicted octanol–water partition coefficient (Wildman–Crippen LogP) is 2.15. The highest BCUT2D eigenvalue weighted by Gasteiger charge is 2.05. The smallest absolute Gasteiger partial charge is 0.124 e. The summed E-state index contributed by atoms with van der Waals surface area (Å²) in [5.41, 5.74) is 0.942. The summed E-state index contributed by atoms with van der Waals surface area (Å²) in [6.07, 6.45) is 0. The number of hydrogen-bond donors (Lipinski definition) is 1. The molecule has 1 aromatic carbocycles. The van der Waals surface area contributed by atoms with Gasteiger partial charge in [-0.05, 0) is 24.7 Å². The van der Waals surface area contributed by atoms with E-state index in [4.69, 9.17) is 16.3 Å². The van der Waals surface area contributed by atoms with Gasteiger partial charge < -0.3 is 15.0 Å². The zero-order valence-corrected chi connectivity index (χ0v) is 11.6. The van der Waals surface area contributed by atoms with E-state index in [1.807, 2.05) is 7.05 Å². The summed E-state index contributed by atoms with van der Waals surface area (Å²) >= 11 is 5.98. The molecule has 0 atom stereocenters. The van der Waals surface area contributed by atoms with Gasteiger partial charge >= 0.3 is 0 Å². The molecule has 0 aliphatic carbocycles. The van der Waals surface area contributed by atoms with Gasteiger partial charge in [-0.1, -0.05) is 17.7 Å². The predicted molar refractivity (Wildman–Crippen MR) is 72.5 cm³/mol. The molecule has 0 radical (unpaired) electrons. The van der Waals surface area contributed by atoms with Crippen molar-refractivity contribution in [3.05, 3.63) is 34.6 Å². The summed E-state index contributed by atoms with van der Waals surface area (Å²) in [5.74, 6) is -0.298. The van der Waals surface area contributed by atoms with Gasteiger partial charge in [0.2, 0.25) is 0 Å². The Bertz CT molecular complexity index is 363. The number of benzene rings is 1. The zero-order chi connectivity index (χ0) is 13.4. The molecule has 0 saturated carbocycles. The highest BCUT2D eigenvalue weighted by atomic mass is 35.5. The SMILES string of the molecule is COCCNCCN(C)Cc1ccc(F)cc1Cl. The third kappa shape index (κ3) is 5.78. The van der Waals surface area contributed by atoms with Crippen LogP contribution in [0.3, 0.4) is 0 Å². The van der Waals surface area contributed by atoms with E-state index in [2.05, 4.69) is 10.2 Å². The summed E-state index contributed by atoms with van der Waals surface area (Å²) in [4.78, 5) is 2.14. The Morgan fingerprint density at radius 1 is 1.39 bits per heavy atom. The zero-order valence-electron chi connectivity index (χ0n) is 10.9. The second kappa shape index (κ2) is 8.43. The number of nitrogens with one attached hydrogen (secondary N) is 1. The van der Waals surface area contributed by atoms with Crippen LogP contribution in [0.1, 0.15) is 5.56 Å². The van der Waals surface area contributed by atoms with Crippen LogP contribution in [0.5, 0.6) is 0 Å². The average Bonchev–Trinajstić information content (AvgIpc) is 2.32. The molecule has 0 fully saturated rings. The molecule has 0 spiro atoms. The second-order valence-electron chi connectivity index (χ2n) is 4.22. The molecule has 1 aromatic rings. The van der Waals surface area contributed by atoms with Crippen LogP contribution >= 0.6 is 11.6 Å². The molecule has 0 aliphatic rings. The third-order valence-electron chi connectivity index (χ3n) is 2.61. The van der Waals surface area contributed by atoms with Crippen LogP contribution in [-0.2, 0) is 11.3 Å². The standard InChI is InChI=1S/C13H20ClFN2O/c1-17(7-5-16-6-8-18-2)10-11-3-4-12(15)9-13(11)14/h3-4,9,16H,5-8,10H2,1-2H3. The van der Waals surface area contributed by atoms with Crippen molar-refractivity contribution in [2.24, 2.45) is 0 Å². The maximum absolute atomic E-state index is 12.9. The molecule has 0 aliphatic heterocycles. The lowest BCUT2D eigenvalue weighted by Crippen LogP contribution is -2.30. The molecule has 0 bridgehead atoms. The van der Waals surface area contributed by atoms with Crippen molar-refractivity contribution in [3.63, 3.8) is 0 Å². The maximum atomic E-state index is 12.9. The van der Waals surface area contributed by atoms with E-state index in [9.17, 15) is 4.39 Å². The van der Waals surface area contributed by atoms with Gasteiger partial charge in [-0.15, -0.1) is 0 Å². The van der Waals surface area contributed by atoms with Crippen molar-refractivity contribution in [1.82, 2.24) is 10.2 Å². The van der Waals surface area contributed by atoms with E-state index in [1.165, 1.54) is 12.1 Å². The lowest BCUT2D eigenvalue weighted by atomic mass is 10.2. The Kier molecular flexibility index (Phi) is 7.20. The van der Waals surface area contributed by atoms with Crippen molar-refractivity contribution in [2.75, 3.05) is 40.4 Å². The summed E-state index contributed by atoms with van der Waals surface area (Å²) < 4.78 is 17.8. The Morgan fingerprint density at radius 2 is 2.17 bits per heavy atom. The Hall–Kier alpha value is -0.680. The molecule has 0 unspecified atom stereocenters. The maximum Gasteiger partial charge on any atom is 0.124 e. The van der Waals surface area contributed by atoms with Crippen molar-refractivity contribution in [1.29, 1.82) is 0 Å². The first-order chi connectivity index (χ1) is 8.63. The number of hydrogen-bond acceptors (Lipinski definition) is 3. The highest BCUT2D eigenvalue weighted by molar-refractivity contribution is 6.31. The second-order valence-corrected chi connectivity index (χ2v) is 4.62. The Morgan fingerprint density at radius 3 is 2.83 bits per heavy atom. The van der Waals surface area contributed by atoms with Gasteiger partial charge in [0.1, 0.15) is 5.82 Å². The van der Waals surface area contributed by atoms with Crippen LogP contribution in [0, 0.1) is 5.82 Å². The Labute approximate surface area is 113 Å². The molecule has 0 amide bonds. The van der Waals surface area contributed by atoms with E-state index < -0.39 is 0 Å². The monoisotopic (exact) mass is 274 g/mol. The number of likely N-dealkylation sites (N-methyl/N-ethyl adjacent to an activating group) is 1. The van der Waals surface area contributed by atoms with Gasteiger partial charge in [0, 0.05) is 38.3 Å². The molecule has 102 valence electrons. The van der Waals surface area contributed by atoms with Crippen LogP contribution in [0.25, 0.3) is 0 Å². The van der Waals surface area contributed by atoms with Gasteiger partial charge in [-0.3, -0.25) is 0 Å². The van der Waals surface area contributed by atoms with Gasteiger partial charge in [0.05, 0.1) is 6.61 Å². The number of ether oxygens (including phenoxy) is 1. The topological polar surface area (TPSA) is 24.5 Å². The van der Waals surface area contributed by atoms with E-state index >= 15 is 0 Å². The molecule has 0 heterocycles. The molecule has 0 saturated heterocycles. The highest BCUT2D eigenvalue weighted by Crippen LogP contribution is 2.18. The fourth-order valence-corrected chi connectivity index (χ4v) is 1.82. The molecular formula is C13H20ClFN2O. The van der Waals surface area contributed by atoms with Crippen molar-refractivity contribution in [2.45, 2.75) is 6.54 Å². The largest absolute Gasteiger partial charge is 0.383 e. The van der Waals surface area contributed by atoms with E-state index in [-0.39, 0.29) is 5.82 Å². The summed E-state index contributed by atoms with van der Waals surface area (Å²) in [7, 11) is 3.70. The Balaban J connectivity index is 2.28. The van der Waals surface area contributed by atoms with Gasteiger partial charge in [0.25, 0.3) is 0 Å². The minimum Gasteiger partial charge on any atom is -0.383 e. The summed E-state index contributed by atoms with van der Waals surface area (Å²) in [5, 5.41) is 3.75. The molecule has 1 rings (SSSR count). The normalized spacial score (nSPS) is 11.2. The molecule has 18 heavy (non-hydrogen) atoms. The van der Waals surface area contributed by atoms with Gasteiger partial charge in [-0.2, -0.15) is 0 Å². The van der Waals surface area contributed by atoms with Crippen LogP contribution in [-0.4, -0.2) is 45.3 Å². The lowest BCUT2D eigenvalue weighted by molar-refractivity contribution is 0.197. The third-order valence-corrected chi connectivity index (χ3v) is 2.96. The van der Waals surface area contributed by atoms with Crippen molar-refractivity contribution in [3.8, 4) is 0 Å². The molecular weight excluding hydrogens is 255 g/mol. The average molecular weight is 275 g/mol.